The highest BCUT2D eigenvalue weighted by atomic mass is 32.2. The molecule has 1 spiro atoms. The van der Waals surface area contributed by atoms with E-state index in [1.54, 1.807) is 18.4 Å². The number of nitro benzene ring substituents is 1. The van der Waals surface area contributed by atoms with Crippen LogP contribution >= 0.6 is 11.9 Å². The predicted octanol–water partition coefficient (Wildman–Crippen LogP) is 3.84. The van der Waals surface area contributed by atoms with E-state index in [1.807, 2.05) is 41.7 Å². The van der Waals surface area contributed by atoms with Crippen molar-refractivity contribution in [3.05, 3.63) is 106 Å². The Morgan fingerprint density at radius 3 is 2.64 bits per heavy atom. The Bertz CT molecular complexity index is 2580. The van der Waals surface area contributed by atoms with Crippen molar-refractivity contribution in [2.24, 2.45) is 5.41 Å². The van der Waals surface area contributed by atoms with Gasteiger partial charge in [0.25, 0.3) is 11.6 Å². The summed E-state index contributed by atoms with van der Waals surface area (Å²) in [6.07, 6.45) is 6.71. The molecule has 59 heavy (non-hydrogen) atoms. The van der Waals surface area contributed by atoms with Gasteiger partial charge in [-0.05, 0) is 78.9 Å². The second kappa shape index (κ2) is 15.2. The van der Waals surface area contributed by atoms with E-state index in [-0.39, 0.29) is 44.5 Å². The van der Waals surface area contributed by atoms with Crippen LogP contribution in [0.15, 0.2) is 88.6 Å². The Kier molecular flexibility index (Phi) is 10.00. The minimum atomic E-state index is -0.569. The third-order valence-corrected chi connectivity index (χ3v) is 12.2. The van der Waals surface area contributed by atoms with Gasteiger partial charge in [-0.15, -0.1) is 0 Å². The second-order valence-electron chi connectivity index (χ2n) is 16.9. The molecule has 0 unspecified atom stereocenters. The summed E-state index contributed by atoms with van der Waals surface area (Å²) in [4.78, 5) is 39.4. The lowest BCUT2D eigenvalue weighted by molar-refractivity contribution is -0.384. The summed E-state index contributed by atoms with van der Waals surface area (Å²) in [7, 11) is 6.15. The topological polar surface area (TPSA) is 168 Å². The molecule has 300 valence electrons. The molecule has 19 heteroatoms. The van der Waals surface area contributed by atoms with Gasteiger partial charge in [0.1, 0.15) is 52.2 Å². The quantitative estimate of drug-likeness (QED) is 0.0538. The zero-order chi connectivity index (χ0) is 41.1. The number of amides is 1. The van der Waals surface area contributed by atoms with Crippen molar-refractivity contribution in [3.63, 3.8) is 0 Å². The maximum atomic E-state index is 14.4. The fourth-order valence-electron chi connectivity index (χ4n) is 8.57. The van der Waals surface area contributed by atoms with Gasteiger partial charge >= 0.3 is 0 Å². The Hall–Kier alpha value is -5.65. The number of halogens is 1. The largest absolute Gasteiger partial charge is 0.510 e. The van der Waals surface area contributed by atoms with Crippen LogP contribution in [0.5, 0.6) is 17.2 Å². The first-order valence-electron chi connectivity index (χ1n) is 19.6. The first-order valence-corrected chi connectivity index (χ1v) is 20.5. The number of nitrogens with one attached hydrogen (secondary N) is 2. The van der Waals surface area contributed by atoms with E-state index in [4.69, 9.17) is 19.6 Å². The number of pyridine rings is 1. The summed E-state index contributed by atoms with van der Waals surface area (Å²) in [6.45, 7) is 6.76. The molecular formula is C40H42B3FN8O6S. The van der Waals surface area contributed by atoms with E-state index in [0.29, 0.717) is 16.6 Å². The number of carbonyl (C=O) groups excluding carboxylic acids is 1. The van der Waals surface area contributed by atoms with Gasteiger partial charge in [0.05, 0.1) is 28.3 Å². The molecule has 3 fully saturated rings. The van der Waals surface area contributed by atoms with E-state index in [2.05, 4.69) is 41.5 Å². The van der Waals surface area contributed by atoms with Crippen molar-refractivity contribution in [1.82, 2.24) is 24.5 Å². The summed E-state index contributed by atoms with van der Waals surface area (Å²) < 4.78 is 35.5. The van der Waals surface area contributed by atoms with Gasteiger partial charge in [-0.2, -0.15) is 0 Å². The van der Waals surface area contributed by atoms with Crippen LogP contribution in [0, 0.1) is 21.3 Å². The van der Waals surface area contributed by atoms with Gasteiger partial charge in [-0.25, -0.2) is 9.37 Å². The lowest BCUT2D eigenvalue weighted by Crippen LogP contribution is -2.68. The molecule has 9 rings (SSSR count). The van der Waals surface area contributed by atoms with Crippen LogP contribution < -0.4 is 24.8 Å². The Morgan fingerprint density at radius 1 is 1.08 bits per heavy atom. The smallest absolute Gasteiger partial charge is 0.293 e. The van der Waals surface area contributed by atoms with Gasteiger partial charge in [0.2, 0.25) is 0 Å². The molecule has 6 aromatic rings. The van der Waals surface area contributed by atoms with Crippen LogP contribution in [0.2, 0.25) is 0 Å². The van der Waals surface area contributed by atoms with Gasteiger partial charge in [0, 0.05) is 96.9 Å². The number of hydrogen-bond donors (Lipinski definition) is 3. The number of furan rings is 1. The van der Waals surface area contributed by atoms with Crippen LogP contribution in [-0.4, -0.2) is 105 Å². The number of piperazine rings is 1. The third-order valence-electron chi connectivity index (χ3n) is 11.4. The molecule has 2 aliphatic heterocycles. The summed E-state index contributed by atoms with van der Waals surface area (Å²) in [6, 6.07) is 18.2. The fourth-order valence-corrected chi connectivity index (χ4v) is 9.20. The van der Waals surface area contributed by atoms with Crippen molar-refractivity contribution in [2.75, 3.05) is 49.9 Å². The van der Waals surface area contributed by atoms with Crippen molar-refractivity contribution in [3.8, 4) is 17.2 Å². The standard InChI is InChI=1S/C40H42B3FN8O6S/c41-40(42,43)58-35-12-23(11-24-5-10-56-36(24)35)20-49-6-8-50(9-7-49)26-16-39(17-26)21-51(22-39)25-1-3-29(38(53)48-59-28-2-4-32(45)33(15-28)52(54)55)34(13-25)57-27-14-30-31(44)19-47-37(30)46-18-27/h1-5,10-15,18-19,26H,6-9,16-17,20-22,41-43,45H2,(H,46,47)(H,48,53). The molecule has 14 nitrogen and oxygen atoms in total. The number of carbonyl (C=O) groups is 1. The highest BCUT2D eigenvalue weighted by Crippen LogP contribution is 2.52. The average Bonchev–Trinajstić information content (AvgIpc) is 3.80. The van der Waals surface area contributed by atoms with E-state index in [9.17, 15) is 19.3 Å². The molecule has 1 aliphatic carbocycles. The number of rotatable bonds is 12. The Morgan fingerprint density at radius 2 is 1.88 bits per heavy atom. The lowest BCUT2D eigenvalue weighted by atomic mass is 9.52. The number of nitrogens with two attached hydrogens (primary N) is 1. The predicted molar refractivity (Wildman–Crippen MR) is 233 cm³/mol. The first kappa shape index (κ1) is 38.8. The molecule has 0 bridgehead atoms. The van der Waals surface area contributed by atoms with E-state index >= 15 is 0 Å². The molecule has 3 aromatic carbocycles. The maximum Gasteiger partial charge on any atom is 0.293 e. The number of H-pyrrole nitrogens is 1. The molecule has 1 amide bonds. The van der Waals surface area contributed by atoms with E-state index < -0.39 is 16.6 Å². The van der Waals surface area contributed by atoms with Crippen LogP contribution in [0.3, 0.4) is 0 Å². The number of nitrogen functional groups attached to an aromatic ring is 1. The molecule has 3 aromatic heterocycles. The summed E-state index contributed by atoms with van der Waals surface area (Å²) in [5.74, 6) is 0.392. The summed E-state index contributed by atoms with van der Waals surface area (Å²) in [5.41, 5.74) is 9.32. The zero-order valence-corrected chi connectivity index (χ0v) is 33.8. The monoisotopic (exact) mass is 814 g/mol. The normalized spacial score (nSPS) is 17.2. The van der Waals surface area contributed by atoms with Crippen LogP contribution in [-0.2, 0) is 6.54 Å². The van der Waals surface area contributed by atoms with E-state index in [1.165, 1.54) is 36.2 Å². The number of nitro groups is 1. The number of benzene rings is 3. The molecule has 3 aliphatic rings. The third kappa shape index (κ3) is 8.06. The number of fused-ring (bicyclic) bond motifs is 2. The van der Waals surface area contributed by atoms with Crippen molar-refractivity contribution in [1.29, 1.82) is 0 Å². The van der Waals surface area contributed by atoms with E-state index in [0.717, 1.165) is 93.0 Å². The molecule has 5 heterocycles. The lowest BCUT2D eigenvalue weighted by Gasteiger charge is -2.62. The minimum absolute atomic E-state index is 0.0303. The minimum Gasteiger partial charge on any atom is -0.510 e. The number of aromatic amines is 1. The van der Waals surface area contributed by atoms with Gasteiger partial charge < -0.3 is 29.5 Å². The fraction of sp³-hybridized carbons (Fsp3) is 0.300. The number of nitrogens with zero attached hydrogens (tertiary/aromatic N) is 5. The van der Waals surface area contributed by atoms with Gasteiger partial charge in [0.15, 0.2) is 11.3 Å². The highest BCUT2D eigenvalue weighted by molar-refractivity contribution is 7.98. The summed E-state index contributed by atoms with van der Waals surface area (Å²) in [5, 5.41) is 12.4. The Labute approximate surface area is 346 Å². The van der Waals surface area contributed by atoms with Gasteiger partial charge in [-0.3, -0.25) is 29.4 Å². The average molecular weight is 814 g/mol. The molecule has 4 N–H and O–H groups in total. The summed E-state index contributed by atoms with van der Waals surface area (Å²) >= 11 is 0.929. The number of ether oxygens (including phenoxy) is 2. The van der Waals surface area contributed by atoms with Gasteiger partial charge in [-0.1, -0.05) is 0 Å². The van der Waals surface area contributed by atoms with Crippen LogP contribution in [0.4, 0.5) is 21.5 Å². The SMILES string of the molecule is BC(B)(B)Oc1cc(CN2CCN(C3CC4(C3)CN(c3ccc(C(=O)NSc5ccc(N)c([N+](=O)[O-])c5)c(Oc5cnc6[nH]cc(F)c6c5)c3)C4)CC2)cc2ccoc12. The highest BCUT2D eigenvalue weighted by Gasteiger charge is 2.54. The van der Waals surface area contributed by atoms with Crippen molar-refractivity contribution >= 4 is 80.5 Å². The van der Waals surface area contributed by atoms with Crippen molar-refractivity contribution < 1.29 is 28.0 Å². The zero-order valence-electron chi connectivity index (χ0n) is 33.0. The maximum absolute atomic E-state index is 14.4. The number of anilines is 2. The number of aromatic nitrogens is 2. The molecule has 2 saturated heterocycles. The van der Waals surface area contributed by atoms with Crippen LogP contribution in [0.1, 0.15) is 28.8 Å². The van der Waals surface area contributed by atoms with Crippen LogP contribution in [0.25, 0.3) is 22.0 Å². The van der Waals surface area contributed by atoms with Crippen molar-refractivity contribution in [2.45, 2.75) is 35.6 Å². The molecule has 0 radical (unpaired) electrons. The number of hydrogen-bond acceptors (Lipinski definition) is 12. The molecule has 1 saturated carbocycles. The molecule has 0 atom stereocenters. The second-order valence-corrected chi connectivity index (χ2v) is 17.8. The first-order chi connectivity index (χ1) is 28.3. The molecular weight excluding hydrogens is 772 g/mol. The Balaban J connectivity index is 0.829.